The van der Waals surface area contributed by atoms with Gasteiger partial charge >= 0.3 is 0 Å². The van der Waals surface area contributed by atoms with Crippen LogP contribution in [0, 0.1) is 0 Å². The Balaban J connectivity index is -0.00000000347. The van der Waals surface area contributed by atoms with Gasteiger partial charge in [0, 0.05) is 25.9 Å². The summed E-state index contributed by atoms with van der Waals surface area (Å²) in [5.74, 6) is 0. The Morgan fingerprint density at radius 2 is 0.733 bits per heavy atom. The standard InChI is InChI=1S/C4H10NS.9FH/c1-3-5(6)4-2;;;;;;;;;/h3-4H2,1-2H3;9*1H. The van der Waals surface area contributed by atoms with Crippen LogP contribution < -0.4 is 0 Å². The van der Waals surface area contributed by atoms with Crippen LogP contribution in [0.2, 0.25) is 0 Å². The zero-order chi connectivity index (χ0) is 4.99. The van der Waals surface area contributed by atoms with Gasteiger partial charge in [-0.15, -0.1) is 0 Å². The molecule has 0 rings (SSSR count). The number of hydrogen-bond acceptors (Lipinski definition) is 1. The molecule has 0 N–H and O–H groups in total. The van der Waals surface area contributed by atoms with Crippen molar-refractivity contribution in [1.82, 2.24) is 4.31 Å². The highest BCUT2D eigenvalue weighted by Gasteiger charge is 1.84. The lowest BCUT2D eigenvalue weighted by Gasteiger charge is -2.03. The smallest absolute Gasteiger partial charge is 0.00837 e. The molecule has 0 amide bonds. The van der Waals surface area contributed by atoms with Crippen molar-refractivity contribution in [3.8, 4) is 0 Å². The monoisotopic (exact) mass is 284 g/mol. The van der Waals surface area contributed by atoms with Crippen molar-refractivity contribution in [3.05, 3.63) is 0 Å². The van der Waals surface area contributed by atoms with Gasteiger partial charge in [-0.05, 0) is 0 Å². The SMILES string of the molecule is CCN([S])CC.F.F.F.F.F.F.F.F.F. The van der Waals surface area contributed by atoms with Gasteiger partial charge in [0.1, 0.15) is 0 Å². The van der Waals surface area contributed by atoms with E-state index in [9.17, 15) is 0 Å². The number of rotatable bonds is 2. The van der Waals surface area contributed by atoms with Gasteiger partial charge in [0.2, 0.25) is 0 Å². The highest BCUT2D eigenvalue weighted by molar-refractivity contribution is 7.77. The van der Waals surface area contributed by atoms with E-state index in [4.69, 9.17) is 12.8 Å². The molecule has 0 aromatic heterocycles. The molecule has 0 aromatic carbocycles. The van der Waals surface area contributed by atoms with Crippen LogP contribution in [0.15, 0.2) is 0 Å². The molecule has 1 radical (unpaired) electrons. The van der Waals surface area contributed by atoms with E-state index < -0.39 is 0 Å². The van der Waals surface area contributed by atoms with Gasteiger partial charge in [-0.2, -0.15) is 0 Å². The topological polar surface area (TPSA) is 3.24 Å². The van der Waals surface area contributed by atoms with Crippen molar-refractivity contribution in [2.24, 2.45) is 0 Å². The number of hydrogen-bond donors (Lipinski definition) is 0. The second kappa shape index (κ2) is 100. The maximum absolute atomic E-state index is 4.77. The van der Waals surface area contributed by atoms with Crippen molar-refractivity contribution >= 4 is 12.8 Å². The molecule has 0 aromatic rings. The van der Waals surface area contributed by atoms with Gasteiger partial charge in [-0.25, -0.2) is 4.31 Å². The van der Waals surface area contributed by atoms with E-state index in [0.29, 0.717) is 0 Å². The minimum atomic E-state index is 0. The molecule has 0 aliphatic heterocycles. The van der Waals surface area contributed by atoms with Crippen molar-refractivity contribution in [2.45, 2.75) is 13.8 Å². The van der Waals surface area contributed by atoms with E-state index in [0.717, 1.165) is 13.1 Å². The highest BCUT2D eigenvalue weighted by atomic mass is 32.1. The molecule has 109 valence electrons. The summed E-state index contributed by atoms with van der Waals surface area (Å²) < 4.78 is 1.83. The van der Waals surface area contributed by atoms with E-state index in [1.807, 2.05) is 4.31 Å². The van der Waals surface area contributed by atoms with Crippen molar-refractivity contribution in [1.29, 1.82) is 0 Å². The first-order chi connectivity index (χ1) is 2.81. The average molecular weight is 284 g/mol. The van der Waals surface area contributed by atoms with Crippen LogP contribution in [0.25, 0.3) is 0 Å². The molecule has 0 saturated heterocycles. The lowest BCUT2D eigenvalue weighted by molar-refractivity contribution is 0.532. The molecule has 0 aliphatic rings. The molecule has 0 aliphatic carbocycles. The van der Waals surface area contributed by atoms with Crippen LogP contribution >= 0.6 is 12.8 Å². The first kappa shape index (κ1) is 125. The van der Waals surface area contributed by atoms with E-state index in [2.05, 4.69) is 13.8 Å². The molecule has 0 bridgehead atoms. The minimum Gasteiger partial charge on any atom is -0.269 e. The van der Waals surface area contributed by atoms with E-state index in [-0.39, 0.29) is 42.3 Å². The molecule has 0 atom stereocenters. The fraction of sp³-hybridized carbons (Fsp3) is 1.00. The highest BCUT2D eigenvalue weighted by Crippen LogP contribution is 1.86. The van der Waals surface area contributed by atoms with Crippen LogP contribution in [0.4, 0.5) is 42.3 Å². The van der Waals surface area contributed by atoms with Crippen LogP contribution in [0.5, 0.6) is 0 Å². The Morgan fingerprint density at radius 1 is 0.600 bits per heavy atom. The second-order valence-corrected chi connectivity index (χ2v) is 1.63. The fourth-order valence-electron chi connectivity index (χ4n) is 0.224. The van der Waals surface area contributed by atoms with E-state index >= 15 is 0 Å². The summed E-state index contributed by atoms with van der Waals surface area (Å²) in [5, 5.41) is 0. The summed E-state index contributed by atoms with van der Waals surface area (Å²) in [6, 6.07) is 0. The Hall–Kier alpha value is -0.320. The van der Waals surface area contributed by atoms with Crippen molar-refractivity contribution < 1.29 is 42.3 Å². The number of nitrogens with zero attached hydrogens (tertiary/aromatic N) is 1. The first-order valence-electron chi connectivity index (χ1n) is 2.23. The Bertz CT molecular complexity index is 41.3. The van der Waals surface area contributed by atoms with Gasteiger partial charge in [0.25, 0.3) is 0 Å². The third kappa shape index (κ3) is 138. The van der Waals surface area contributed by atoms with Crippen LogP contribution in [0.3, 0.4) is 0 Å². The summed E-state index contributed by atoms with van der Waals surface area (Å²) in [7, 11) is 0. The largest absolute Gasteiger partial charge is 0.269 e. The lowest BCUT2D eigenvalue weighted by atomic mass is 10.7. The maximum Gasteiger partial charge on any atom is 0.00837 e. The van der Waals surface area contributed by atoms with Crippen LogP contribution in [-0.4, -0.2) is 17.4 Å². The molecular formula is C4H19F9NS. The zero-order valence-electron chi connectivity index (χ0n) is 7.94. The molecule has 15 heavy (non-hydrogen) atoms. The summed E-state index contributed by atoms with van der Waals surface area (Å²) in [4.78, 5) is 0. The molecule has 0 spiro atoms. The van der Waals surface area contributed by atoms with E-state index in [1.54, 1.807) is 0 Å². The molecule has 1 nitrogen and oxygen atoms in total. The maximum atomic E-state index is 4.77. The van der Waals surface area contributed by atoms with E-state index in [1.165, 1.54) is 0 Å². The summed E-state index contributed by atoms with van der Waals surface area (Å²) >= 11 is 4.77. The lowest BCUT2D eigenvalue weighted by Crippen LogP contribution is -2.08. The molecule has 0 unspecified atom stereocenters. The normalized spacial score (nSPS) is 4.00. The Kier molecular flexibility index (Phi) is 840. The van der Waals surface area contributed by atoms with Gasteiger partial charge in [0.15, 0.2) is 0 Å². The molecular weight excluding hydrogens is 265 g/mol. The quantitative estimate of drug-likeness (QED) is 0.705. The fourth-order valence-corrected chi connectivity index (χ4v) is 0.224. The average Bonchev–Trinajstić information content (AvgIpc) is 1.65. The summed E-state index contributed by atoms with van der Waals surface area (Å²) in [6.45, 7) is 6.06. The minimum absolute atomic E-state index is 0. The zero-order valence-corrected chi connectivity index (χ0v) is 8.76. The predicted octanol–water partition coefficient (Wildman–Crippen LogP) is 2.81. The van der Waals surface area contributed by atoms with Gasteiger partial charge in [-0.1, -0.05) is 13.8 Å². The second-order valence-electron chi connectivity index (χ2n) is 1.11. The Labute approximate surface area is 87.4 Å². The molecule has 11 heteroatoms. The van der Waals surface area contributed by atoms with Crippen molar-refractivity contribution in [3.63, 3.8) is 0 Å². The van der Waals surface area contributed by atoms with Gasteiger partial charge in [0.05, 0.1) is 0 Å². The third-order valence-corrected chi connectivity index (χ3v) is 1.22. The van der Waals surface area contributed by atoms with Gasteiger partial charge < -0.3 is 0 Å². The number of halogens is 9. The van der Waals surface area contributed by atoms with Crippen LogP contribution in [0.1, 0.15) is 13.8 Å². The summed E-state index contributed by atoms with van der Waals surface area (Å²) in [6.07, 6.45) is 0. The molecule has 0 saturated carbocycles. The summed E-state index contributed by atoms with van der Waals surface area (Å²) in [5.41, 5.74) is 0. The molecule has 0 heterocycles. The molecule has 0 fully saturated rings. The Morgan fingerprint density at radius 3 is 0.733 bits per heavy atom. The predicted molar refractivity (Wildman–Crippen MR) is 53.0 cm³/mol. The first-order valence-corrected chi connectivity index (χ1v) is 2.59. The van der Waals surface area contributed by atoms with Gasteiger partial charge in [-0.3, -0.25) is 42.3 Å². The van der Waals surface area contributed by atoms with Crippen LogP contribution in [-0.2, 0) is 0 Å². The third-order valence-electron chi connectivity index (χ3n) is 0.705. The van der Waals surface area contributed by atoms with Crippen molar-refractivity contribution in [2.75, 3.05) is 13.1 Å².